The molecule has 2 amide bonds. The lowest BCUT2D eigenvalue weighted by Gasteiger charge is -2.24. The van der Waals surface area contributed by atoms with Crippen molar-refractivity contribution in [2.45, 2.75) is 78.9 Å². The number of carbonyl (C=O) groups excluding carboxylic acids is 2. The van der Waals surface area contributed by atoms with Crippen LogP contribution in [0.4, 0.5) is 19.6 Å². The van der Waals surface area contributed by atoms with E-state index in [1.165, 1.54) is 27.6 Å². The molecule has 13 heteroatoms. The molecule has 45 heavy (non-hydrogen) atoms. The maximum atomic E-state index is 12.4. The van der Waals surface area contributed by atoms with Crippen molar-refractivity contribution in [3.8, 4) is 21.1 Å². The van der Waals surface area contributed by atoms with Gasteiger partial charge in [0.1, 0.15) is 34.9 Å². The van der Waals surface area contributed by atoms with E-state index in [1.807, 2.05) is 65.8 Å². The number of rotatable bonds is 5. The van der Waals surface area contributed by atoms with Gasteiger partial charge in [0.15, 0.2) is 0 Å². The molecule has 1 fully saturated rings. The Hall–Kier alpha value is -3.17. The van der Waals surface area contributed by atoms with E-state index in [9.17, 15) is 9.59 Å². The highest BCUT2D eigenvalue weighted by Gasteiger charge is 2.33. The van der Waals surface area contributed by atoms with Crippen molar-refractivity contribution in [3.63, 3.8) is 0 Å². The molecule has 10 nitrogen and oxygen atoms in total. The Morgan fingerprint density at radius 1 is 0.800 bits per heavy atom. The van der Waals surface area contributed by atoms with Crippen LogP contribution in [0.1, 0.15) is 73.4 Å². The summed E-state index contributed by atoms with van der Waals surface area (Å²) in [6, 6.07) is 7.69. The Labute approximate surface area is 287 Å². The number of anilines is 2. The van der Waals surface area contributed by atoms with Crippen LogP contribution in [0.5, 0.6) is 0 Å². The van der Waals surface area contributed by atoms with Crippen molar-refractivity contribution < 1.29 is 19.1 Å². The van der Waals surface area contributed by atoms with Gasteiger partial charge in [0, 0.05) is 55.9 Å². The Balaban J connectivity index is 0.000000241. The number of pyridine rings is 2. The van der Waals surface area contributed by atoms with Crippen molar-refractivity contribution in [2.24, 2.45) is 0 Å². The number of halogens is 1. The lowest BCUT2D eigenvalue weighted by Crippen LogP contribution is -2.34. The summed E-state index contributed by atoms with van der Waals surface area (Å²) in [4.78, 5) is 45.1. The van der Waals surface area contributed by atoms with E-state index in [-0.39, 0.29) is 19.6 Å². The summed E-state index contributed by atoms with van der Waals surface area (Å²) < 4.78 is 11.6. The summed E-state index contributed by atoms with van der Waals surface area (Å²) in [5, 5.41) is 3.37. The van der Waals surface area contributed by atoms with Crippen LogP contribution in [-0.4, -0.2) is 57.4 Å². The van der Waals surface area contributed by atoms with Gasteiger partial charge in [-0.05, 0) is 101 Å². The molecule has 0 radical (unpaired) electrons. The van der Waals surface area contributed by atoms with Gasteiger partial charge in [-0.1, -0.05) is 30.1 Å². The normalized spacial score (nSPS) is 12.7. The molecule has 242 valence electrons. The SMILES string of the molecule is C.CN(C(=O)OC(C)(C)C)c1sc(-c2cccnc2)nc1C1CC1.CN(C(=O)OC(C)(C)C)c1sc(-c2cccnc2)nc1I. The van der Waals surface area contributed by atoms with Gasteiger partial charge >= 0.3 is 12.2 Å². The third-order valence-electron chi connectivity index (χ3n) is 5.93. The van der Waals surface area contributed by atoms with E-state index in [0.717, 1.165) is 53.4 Å². The monoisotopic (exact) mass is 764 g/mol. The second-order valence-corrected chi connectivity index (χ2v) is 15.1. The number of nitrogens with zero attached hydrogens (tertiary/aromatic N) is 6. The van der Waals surface area contributed by atoms with Crippen LogP contribution in [0.2, 0.25) is 0 Å². The number of aromatic nitrogens is 4. The van der Waals surface area contributed by atoms with Gasteiger partial charge in [0.2, 0.25) is 0 Å². The first-order valence-corrected chi connectivity index (χ1v) is 16.8. The zero-order valence-corrected chi connectivity index (χ0v) is 29.9. The van der Waals surface area contributed by atoms with Gasteiger partial charge in [0.25, 0.3) is 0 Å². The number of ether oxygens (including phenoxy) is 2. The Kier molecular flexibility index (Phi) is 12.1. The second kappa shape index (κ2) is 14.9. The minimum absolute atomic E-state index is 0. The average Bonchev–Trinajstić information content (AvgIpc) is 3.59. The number of amides is 2. The molecule has 1 saturated carbocycles. The van der Waals surface area contributed by atoms with E-state index in [4.69, 9.17) is 14.5 Å². The summed E-state index contributed by atoms with van der Waals surface area (Å²) in [6.07, 6.45) is 8.54. The molecular formula is C32H41IN6O4S2. The molecule has 0 aliphatic heterocycles. The highest BCUT2D eigenvalue weighted by molar-refractivity contribution is 14.1. The zero-order valence-electron chi connectivity index (χ0n) is 26.1. The Morgan fingerprint density at radius 3 is 1.67 bits per heavy atom. The van der Waals surface area contributed by atoms with Gasteiger partial charge < -0.3 is 9.47 Å². The predicted octanol–water partition coefficient (Wildman–Crippen LogP) is 9.27. The largest absolute Gasteiger partial charge is 0.443 e. The minimum atomic E-state index is -0.520. The number of hydrogen-bond acceptors (Lipinski definition) is 10. The molecule has 1 aliphatic rings. The summed E-state index contributed by atoms with van der Waals surface area (Å²) in [7, 11) is 3.44. The predicted molar refractivity (Wildman–Crippen MR) is 191 cm³/mol. The van der Waals surface area contributed by atoms with E-state index in [1.54, 1.807) is 43.8 Å². The van der Waals surface area contributed by atoms with E-state index >= 15 is 0 Å². The van der Waals surface area contributed by atoms with Gasteiger partial charge in [-0.15, -0.1) is 0 Å². The Bertz CT molecular complexity index is 1580. The van der Waals surface area contributed by atoms with E-state index < -0.39 is 11.2 Å². The zero-order chi connectivity index (χ0) is 32.2. The summed E-state index contributed by atoms with van der Waals surface area (Å²) in [5.41, 5.74) is 1.88. The van der Waals surface area contributed by atoms with Crippen molar-refractivity contribution >= 4 is 67.5 Å². The first kappa shape index (κ1) is 36.3. The first-order chi connectivity index (χ1) is 20.6. The van der Waals surface area contributed by atoms with Crippen molar-refractivity contribution in [3.05, 3.63) is 58.4 Å². The lowest BCUT2D eigenvalue weighted by atomic mass is 10.2. The van der Waals surface area contributed by atoms with Crippen LogP contribution in [0.15, 0.2) is 49.1 Å². The van der Waals surface area contributed by atoms with E-state index in [0.29, 0.717) is 5.92 Å². The van der Waals surface area contributed by atoms with Crippen molar-refractivity contribution in [1.82, 2.24) is 19.9 Å². The molecule has 4 heterocycles. The van der Waals surface area contributed by atoms with Crippen LogP contribution in [0, 0.1) is 3.70 Å². The minimum Gasteiger partial charge on any atom is -0.443 e. The molecule has 0 aromatic carbocycles. The smallest absolute Gasteiger partial charge is 0.415 e. The molecule has 4 aromatic heterocycles. The fourth-order valence-electron chi connectivity index (χ4n) is 3.74. The number of hydrogen-bond donors (Lipinski definition) is 0. The molecule has 0 unspecified atom stereocenters. The van der Waals surface area contributed by atoms with E-state index in [2.05, 4.69) is 37.5 Å². The molecule has 1 aliphatic carbocycles. The van der Waals surface area contributed by atoms with Crippen molar-refractivity contribution in [2.75, 3.05) is 23.9 Å². The highest BCUT2D eigenvalue weighted by atomic mass is 127. The van der Waals surface area contributed by atoms with Crippen molar-refractivity contribution in [1.29, 1.82) is 0 Å². The van der Waals surface area contributed by atoms with Gasteiger partial charge in [-0.3, -0.25) is 19.8 Å². The van der Waals surface area contributed by atoms with Crippen LogP contribution in [0.3, 0.4) is 0 Å². The fourth-order valence-corrected chi connectivity index (χ4v) is 6.83. The van der Waals surface area contributed by atoms with Crippen LogP contribution < -0.4 is 9.80 Å². The fraction of sp³-hybridized carbons (Fsp3) is 0.438. The molecule has 0 saturated heterocycles. The third-order valence-corrected chi connectivity index (χ3v) is 9.42. The van der Waals surface area contributed by atoms with Crippen LogP contribution in [0.25, 0.3) is 21.1 Å². The molecule has 0 atom stereocenters. The standard InChI is InChI=1S/C17H21N3O2S.C14H16IN3O2S.CH4/c1-17(2,3)22-16(21)20(4)15-13(11-7-8-11)19-14(23-15)12-6-5-9-18-10-12;1-14(2,3)20-13(19)18(4)12-10(15)17-11(21-12)9-6-5-7-16-8-9;/h5-6,9-11H,7-8H2,1-4H3;5-8H,1-4H3;1H4. The number of thiazole rings is 2. The number of carbonyl (C=O) groups is 2. The molecule has 0 bridgehead atoms. The van der Waals surface area contributed by atoms with Crippen LogP contribution >= 0.6 is 45.3 Å². The maximum absolute atomic E-state index is 12.4. The third kappa shape index (κ3) is 10.2. The molecule has 4 aromatic rings. The molecule has 5 rings (SSSR count). The van der Waals surface area contributed by atoms with Crippen LogP contribution in [-0.2, 0) is 9.47 Å². The summed E-state index contributed by atoms with van der Waals surface area (Å²) in [5.74, 6) is 0.455. The quantitative estimate of drug-likeness (QED) is 0.185. The Morgan fingerprint density at radius 2 is 1.24 bits per heavy atom. The molecule has 0 N–H and O–H groups in total. The summed E-state index contributed by atoms with van der Waals surface area (Å²) in [6.45, 7) is 11.1. The highest BCUT2D eigenvalue weighted by Crippen LogP contribution is 2.47. The maximum Gasteiger partial charge on any atom is 0.415 e. The summed E-state index contributed by atoms with van der Waals surface area (Å²) >= 11 is 5.08. The molecular weight excluding hydrogens is 723 g/mol. The molecule has 0 spiro atoms. The second-order valence-electron chi connectivity index (χ2n) is 12.2. The van der Waals surface area contributed by atoms with Gasteiger partial charge in [-0.2, -0.15) is 0 Å². The average molecular weight is 765 g/mol. The van der Waals surface area contributed by atoms with Gasteiger partial charge in [0.05, 0.1) is 5.69 Å². The topological polar surface area (TPSA) is 111 Å². The first-order valence-electron chi connectivity index (χ1n) is 14.0. The lowest BCUT2D eigenvalue weighted by molar-refractivity contribution is 0.0579. The van der Waals surface area contributed by atoms with Gasteiger partial charge in [-0.25, -0.2) is 19.6 Å².